The van der Waals surface area contributed by atoms with Crippen LogP contribution >= 0.6 is 23.2 Å². The van der Waals surface area contributed by atoms with Crippen molar-refractivity contribution < 1.29 is 19.1 Å². The van der Waals surface area contributed by atoms with Gasteiger partial charge in [0.2, 0.25) is 0 Å². The molecule has 0 aliphatic rings. The largest absolute Gasteiger partial charge is 0.493 e. The Hall–Kier alpha value is -2.44. The van der Waals surface area contributed by atoms with Crippen molar-refractivity contribution in [2.75, 3.05) is 7.11 Å². The predicted octanol–water partition coefficient (Wildman–Crippen LogP) is 3.86. The molecule has 0 aliphatic heterocycles. The molecule has 2 aromatic rings. The fourth-order valence-corrected chi connectivity index (χ4v) is 2.63. The molecular formula is C18H18Cl2N2O4. The Balaban J connectivity index is 2.06. The lowest BCUT2D eigenvalue weighted by Crippen LogP contribution is -2.41. The van der Waals surface area contributed by atoms with Crippen LogP contribution in [-0.2, 0) is 0 Å². The quantitative estimate of drug-likeness (QED) is 0.752. The summed E-state index contributed by atoms with van der Waals surface area (Å²) in [5.74, 6) is -0.119. The van der Waals surface area contributed by atoms with Gasteiger partial charge in [0.05, 0.1) is 13.2 Å². The van der Waals surface area contributed by atoms with Gasteiger partial charge in [-0.15, -0.1) is 0 Å². The van der Waals surface area contributed by atoms with E-state index in [2.05, 4.69) is 10.9 Å². The lowest BCUT2D eigenvalue weighted by Gasteiger charge is -2.14. The monoisotopic (exact) mass is 396 g/mol. The van der Waals surface area contributed by atoms with Gasteiger partial charge in [-0.25, -0.2) is 0 Å². The Morgan fingerprint density at radius 2 is 1.46 bits per heavy atom. The number of hydrogen-bond acceptors (Lipinski definition) is 4. The molecule has 0 heterocycles. The van der Waals surface area contributed by atoms with Gasteiger partial charge >= 0.3 is 0 Å². The van der Waals surface area contributed by atoms with Gasteiger partial charge < -0.3 is 9.47 Å². The molecule has 0 saturated heterocycles. The number of halogens is 2. The third-order valence-corrected chi connectivity index (χ3v) is 3.64. The smallest absolute Gasteiger partial charge is 0.269 e. The average molecular weight is 397 g/mol. The van der Waals surface area contributed by atoms with E-state index in [0.717, 1.165) is 0 Å². The lowest BCUT2D eigenvalue weighted by atomic mass is 10.2. The summed E-state index contributed by atoms with van der Waals surface area (Å²) in [7, 11) is 1.48. The molecule has 138 valence electrons. The van der Waals surface area contributed by atoms with Crippen LogP contribution in [0.4, 0.5) is 0 Å². The van der Waals surface area contributed by atoms with E-state index in [1.807, 2.05) is 13.8 Å². The minimum atomic E-state index is -0.547. The zero-order valence-electron chi connectivity index (χ0n) is 14.4. The summed E-state index contributed by atoms with van der Waals surface area (Å²) >= 11 is 11.7. The van der Waals surface area contributed by atoms with E-state index in [0.29, 0.717) is 27.1 Å². The van der Waals surface area contributed by atoms with E-state index >= 15 is 0 Å². The molecule has 26 heavy (non-hydrogen) atoms. The summed E-state index contributed by atoms with van der Waals surface area (Å²) in [6.45, 7) is 3.77. The van der Waals surface area contributed by atoms with Crippen LogP contribution < -0.4 is 20.3 Å². The molecule has 0 spiro atoms. The van der Waals surface area contributed by atoms with Crippen molar-refractivity contribution in [2.24, 2.45) is 0 Å². The minimum Gasteiger partial charge on any atom is -0.493 e. The van der Waals surface area contributed by atoms with Gasteiger partial charge in [-0.05, 0) is 50.2 Å². The first kappa shape index (κ1) is 19.9. The first-order valence-electron chi connectivity index (χ1n) is 7.71. The number of hydrazine groups is 1. The summed E-state index contributed by atoms with van der Waals surface area (Å²) in [4.78, 5) is 24.3. The first-order valence-corrected chi connectivity index (χ1v) is 8.47. The highest BCUT2D eigenvalue weighted by atomic mass is 35.5. The SMILES string of the molecule is COc1cc(C(=O)NNC(=O)c2cc(Cl)cc(Cl)c2)ccc1OC(C)C. The van der Waals surface area contributed by atoms with Crippen molar-refractivity contribution in [1.82, 2.24) is 10.9 Å². The van der Waals surface area contributed by atoms with Gasteiger partial charge in [0, 0.05) is 21.2 Å². The number of methoxy groups -OCH3 is 1. The molecule has 2 N–H and O–H groups in total. The Labute approximate surface area is 161 Å². The summed E-state index contributed by atoms with van der Waals surface area (Å²) in [6, 6.07) is 9.11. The summed E-state index contributed by atoms with van der Waals surface area (Å²) < 4.78 is 10.8. The van der Waals surface area contributed by atoms with Crippen molar-refractivity contribution in [3.63, 3.8) is 0 Å². The highest BCUT2D eigenvalue weighted by Gasteiger charge is 2.14. The zero-order chi connectivity index (χ0) is 19.3. The molecular weight excluding hydrogens is 379 g/mol. The maximum absolute atomic E-state index is 12.2. The number of ether oxygens (including phenoxy) is 2. The van der Waals surface area contributed by atoms with Gasteiger partial charge in [-0.2, -0.15) is 0 Å². The van der Waals surface area contributed by atoms with Crippen LogP contribution in [0.15, 0.2) is 36.4 Å². The van der Waals surface area contributed by atoms with E-state index < -0.39 is 11.8 Å². The number of carbonyl (C=O) groups is 2. The Bertz CT molecular complexity index is 805. The van der Waals surface area contributed by atoms with Crippen LogP contribution in [0, 0.1) is 0 Å². The predicted molar refractivity (Wildman–Crippen MR) is 100 cm³/mol. The third kappa shape index (κ3) is 5.28. The molecule has 0 saturated carbocycles. The number of benzene rings is 2. The first-order chi connectivity index (χ1) is 12.3. The van der Waals surface area contributed by atoms with E-state index in [1.54, 1.807) is 12.1 Å². The molecule has 0 unspecified atom stereocenters. The van der Waals surface area contributed by atoms with Crippen LogP contribution in [0.1, 0.15) is 34.6 Å². The van der Waals surface area contributed by atoms with Crippen molar-refractivity contribution in [3.05, 3.63) is 57.6 Å². The number of amides is 2. The van der Waals surface area contributed by atoms with E-state index in [1.165, 1.54) is 31.4 Å². The molecule has 0 aromatic heterocycles. The molecule has 8 heteroatoms. The highest BCUT2D eigenvalue weighted by Crippen LogP contribution is 2.28. The zero-order valence-corrected chi connectivity index (χ0v) is 15.9. The van der Waals surface area contributed by atoms with Crippen LogP contribution in [0.3, 0.4) is 0 Å². The van der Waals surface area contributed by atoms with Crippen LogP contribution in [0.2, 0.25) is 10.0 Å². The van der Waals surface area contributed by atoms with Gasteiger partial charge in [-0.3, -0.25) is 20.4 Å². The van der Waals surface area contributed by atoms with Gasteiger partial charge in [-0.1, -0.05) is 23.2 Å². The molecule has 0 radical (unpaired) electrons. The summed E-state index contributed by atoms with van der Waals surface area (Å²) in [5, 5.41) is 0.638. The van der Waals surface area contributed by atoms with E-state index in [9.17, 15) is 9.59 Å². The normalized spacial score (nSPS) is 10.4. The van der Waals surface area contributed by atoms with Crippen LogP contribution in [0.5, 0.6) is 11.5 Å². The summed E-state index contributed by atoms with van der Waals surface area (Å²) in [5.41, 5.74) is 5.15. The molecule has 0 fully saturated rings. The second-order valence-electron chi connectivity index (χ2n) is 5.60. The van der Waals surface area contributed by atoms with E-state index in [-0.39, 0.29) is 11.7 Å². The highest BCUT2D eigenvalue weighted by molar-refractivity contribution is 6.35. The fraction of sp³-hybridized carbons (Fsp3) is 0.222. The van der Waals surface area contributed by atoms with Crippen molar-refractivity contribution in [2.45, 2.75) is 20.0 Å². The second kappa shape index (κ2) is 8.78. The Morgan fingerprint density at radius 1 is 0.885 bits per heavy atom. The Morgan fingerprint density at radius 3 is 2.00 bits per heavy atom. The van der Waals surface area contributed by atoms with Gasteiger partial charge in [0.15, 0.2) is 11.5 Å². The standard InChI is InChI=1S/C18H18Cl2N2O4/c1-10(2)26-15-5-4-11(8-16(15)25-3)17(23)21-22-18(24)12-6-13(19)9-14(20)7-12/h4-10H,1-3H3,(H,21,23)(H,22,24). The fourth-order valence-electron chi connectivity index (χ4n) is 2.10. The number of hydrogen-bond donors (Lipinski definition) is 2. The number of nitrogens with one attached hydrogen (secondary N) is 2. The maximum atomic E-state index is 12.2. The molecule has 0 aliphatic carbocycles. The maximum Gasteiger partial charge on any atom is 0.269 e. The summed E-state index contributed by atoms with van der Waals surface area (Å²) in [6.07, 6.45) is -0.0348. The minimum absolute atomic E-state index is 0.0348. The molecule has 2 rings (SSSR count). The molecule has 0 atom stereocenters. The molecule has 2 aromatic carbocycles. The number of rotatable bonds is 5. The third-order valence-electron chi connectivity index (χ3n) is 3.20. The average Bonchev–Trinajstić information content (AvgIpc) is 2.58. The van der Waals surface area contributed by atoms with Crippen molar-refractivity contribution in [1.29, 1.82) is 0 Å². The molecule has 0 bridgehead atoms. The molecule has 2 amide bonds. The van der Waals surface area contributed by atoms with Gasteiger partial charge in [0.25, 0.3) is 11.8 Å². The topological polar surface area (TPSA) is 76.7 Å². The van der Waals surface area contributed by atoms with Crippen molar-refractivity contribution in [3.8, 4) is 11.5 Å². The Kier molecular flexibility index (Phi) is 6.71. The van der Waals surface area contributed by atoms with Crippen molar-refractivity contribution >= 4 is 35.0 Å². The van der Waals surface area contributed by atoms with Gasteiger partial charge in [0.1, 0.15) is 0 Å². The van der Waals surface area contributed by atoms with Crippen LogP contribution in [0.25, 0.3) is 0 Å². The molecule has 6 nitrogen and oxygen atoms in total. The second-order valence-corrected chi connectivity index (χ2v) is 6.47. The lowest BCUT2D eigenvalue weighted by molar-refractivity contribution is 0.0846. The van der Waals surface area contributed by atoms with E-state index in [4.69, 9.17) is 32.7 Å². The van der Waals surface area contributed by atoms with Crippen LogP contribution in [-0.4, -0.2) is 25.0 Å². The number of carbonyl (C=O) groups excluding carboxylic acids is 2.